The Morgan fingerprint density at radius 2 is 1.84 bits per heavy atom. The number of nitrogens with zero attached hydrogens (tertiary/aromatic N) is 1. The molecule has 180 valence electrons. The molecule has 1 saturated heterocycles. The second-order valence-electron chi connectivity index (χ2n) is 5.99. The van der Waals surface area contributed by atoms with Gasteiger partial charge in [0.2, 0.25) is 0 Å². The van der Waals surface area contributed by atoms with E-state index in [2.05, 4.69) is 37.6 Å². The summed E-state index contributed by atoms with van der Waals surface area (Å²) in [7, 11) is -16.7. The van der Waals surface area contributed by atoms with Crippen LogP contribution >= 0.6 is 36.1 Å². The molecule has 0 radical (unpaired) electrons. The maximum Gasteiger partial charge on any atom is 0.490 e. The summed E-state index contributed by atoms with van der Waals surface area (Å²) < 4.78 is 51.5. The minimum absolute atomic E-state index is 0.0894. The number of phosphoric acid groups is 3. The van der Waals surface area contributed by atoms with Gasteiger partial charge in [-0.05, 0) is 0 Å². The first-order valence-electron chi connectivity index (χ1n) is 8.19. The lowest BCUT2D eigenvalue weighted by Crippen LogP contribution is -2.33. The molecule has 1 aromatic rings. The van der Waals surface area contributed by atoms with Crippen LogP contribution in [0, 0.1) is 11.8 Å². The van der Waals surface area contributed by atoms with E-state index < -0.39 is 59.8 Å². The number of ether oxygens (including phenoxy) is 1. The van der Waals surface area contributed by atoms with Crippen LogP contribution in [0.3, 0.4) is 0 Å². The molecule has 20 heteroatoms. The van der Waals surface area contributed by atoms with Gasteiger partial charge < -0.3 is 29.4 Å². The molecule has 0 spiro atoms. The molecule has 0 bridgehead atoms. The molecule has 2 heterocycles. The summed E-state index contributed by atoms with van der Waals surface area (Å²) in [4.78, 5) is 61.4. The third-order valence-electron chi connectivity index (χ3n) is 3.60. The Morgan fingerprint density at radius 3 is 2.44 bits per heavy atom. The molecule has 6 N–H and O–H groups in total. The largest absolute Gasteiger partial charge is 0.490 e. The van der Waals surface area contributed by atoms with Crippen LogP contribution in [0.25, 0.3) is 0 Å². The molecule has 16 nitrogen and oxygen atoms in total. The van der Waals surface area contributed by atoms with E-state index in [1.807, 2.05) is 4.98 Å². The molecule has 0 saturated carbocycles. The Balaban J connectivity index is 2.09. The Labute approximate surface area is 184 Å². The monoisotopic (exact) mass is 538 g/mol. The lowest BCUT2D eigenvalue weighted by atomic mass is 10.2. The van der Waals surface area contributed by atoms with Crippen molar-refractivity contribution in [2.45, 2.75) is 24.9 Å². The van der Waals surface area contributed by atoms with E-state index in [9.17, 15) is 33.3 Å². The van der Waals surface area contributed by atoms with Crippen molar-refractivity contribution in [3.8, 4) is 11.8 Å². The van der Waals surface area contributed by atoms with E-state index >= 15 is 0 Å². The van der Waals surface area contributed by atoms with E-state index in [-0.39, 0.29) is 17.7 Å². The normalized spacial score (nSPS) is 24.9. The number of H-pyrrole nitrogens is 1. The van der Waals surface area contributed by atoms with Crippen LogP contribution in [0.1, 0.15) is 18.2 Å². The fourth-order valence-corrected chi connectivity index (χ4v) is 5.54. The quantitative estimate of drug-likeness (QED) is 0.117. The number of hydrogen-bond donors (Lipinski definition) is 7. The number of aromatic nitrogens is 2. The Bertz CT molecular complexity index is 1160. The molecular weight excluding hydrogens is 521 g/mol. The number of thiol groups is 1. The number of aromatic amines is 1. The van der Waals surface area contributed by atoms with Gasteiger partial charge in [0.05, 0.1) is 18.5 Å². The lowest BCUT2D eigenvalue weighted by molar-refractivity contribution is -0.0450. The molecule has 5 atom stereocenters. The second kappa shape index (κ2) is 10.5. The number of phosphoric ester groups is 1. The summed E-state index contributed by atoms with van der Waals surface area (Å²) in [5, 5.41) is 10.1. The van der Waals surface area contributed by atoms with Crippen molar-refractivity contribution in [1.29, 1.82) is 0 Å². The molecule has 1 aromatic heterocycles. The van der Waals surface area contributed by atoms with Crippen LogP contribution < -0.4 is 11.2 Å². The third-order valence-corrected chi connectivity index (χ3v) is 7.56. The molecular formula is C12H17N2O14P3S. The number of aliphatic hydroxyl groups excluding tert-OH is 1. The van der Waals surface area contributed by atoms with E-state index in [4.69, 9.17) is 19.4 Å². The first-order valence-corrected chi connectivity index (χ1v) is 13.3. The van der Waals surface area contributed by atoms with Crippen molar-refractivity contribution in [3.63, 3.8) is 0 Å². The van der Waals surface area contributed by atoms with Crippen molar-refractivity contribution in [2.24, 2.45) is 0 Å². The molecule has 1 fully saturated rings. The number of rotatable bonds is 8. The van der Waals surface area contributed by atoms with Gasteiger partial charge in [0.15, 0.2) is 0 Å². The first-order chi connectivity index (χ1) is 14.6. The molecule has 3 unspecified atom stereocenters. The maximum absolute atomic E-state index is 12.1. The van der Waals surface area contributed by atoms with Crippen molar-refractivity contribution in [3.05, 3.63) is 32.6 Å². The van der Waals surface area contributed by atoms with Crippen LogP contribution in [0.2, 0.25) is 0 Å². The van der Waals surface area contributed by atoms with Gasteiger partial charge in [-0.2, -0.15) is 21.3 Å². The zero-order valence-corrected chi connectivity index (χ0v) is 19.2. The zero-order valence-electron chi connectivity index (χ0n) is 15.6. The number of nitrogens with one attached hydrogen (secondary N) is 1. The Morgan fingerprint density at radius 1 is 1.19 bits per heavy atom. The van der Waals surface area contributed by atoms with Gasteiger partial charge >= 0.3 is 29.2 Å². The van der Waals surface area contributed by atoms with Crippen molar-refractivity contribution >= 4 is 36.1 Å². The molecule has 1 aliphatic heterocycles. The standard InChI is InChI=1S/C12H17N2O14P3S/c15-8-4-10(14-5-7(2-1-3-32)11(16)13-12(14)17)26-9(8)6-25-30(21,22)28-31(23,24)27-29(18,19)20/h5,8-10,15,32H,3-4,6H2,(H,21,22)(H,23,24)(H,13,16,17)(H2,18,19,20)/t8?,9-,10-/m0/s1. The topological polar surface area (TPSA) is 244 Å². The zero-order chi connectivity index (χ0) is 24.3. The smallest absolute Gasteiger partial charge is 0.390 e. The minimum Gasteiger partial charge on any atom is -0.390 e. The fraction of sp³-hybridized carbons (Fsp3) is 0.500. The number of aliphatic hydroxyl groups is 1. The highest BCUT2D eigenvalue weighted by atomic mass is 32.1. The minimum atomic E-state index is -5.70. The van der Waals surface area contributed by atoms with Gasteiger partial charge in [-0.3, -0.25) is 18.9 Å². The van der Waals surface area contributed by atoms with E-state index in [0.29, 0.717) is 0 Å². The SMILES string of the molecule is O=c1[nH]c(=O)n([C@@H]2CC(O)[C@H](COP(=O)(O)OP(=O)(O)OP(=O)(O)O)O2)cc1C#CCS. The molecule has 2 rings (SSSR count). The van der Waals surface area contributed by atoms with E-state index in [1.165, 1.54) is 0 Å². The Kier molecular flexibility index (Phi) is 8.88. The van der Waals surface area contributed by atoms with Gasteiger partial charge in [0.25, 0.3) is 5.56 Å². The fourth-order valence-electron chi connectivity index (χ4n) is 2.43. The van der Waals surface area contributed by atoms with Crippen molar-refractivity contribution in [2.75, 3.05) is 12.4 Å². The predicted octanol–water partition coefficient (Wildman–Crippen LogP) is -1.19. The third kappa shape index (κ3) is 8.05. The molecule has 0 aromatic carbocycles. The summed E-state index contributed by atoms with van der Waals surface area (Å²) in [6.45, 7) is -0.911. The van der Waals surface area contributed by atoms with E-state index in [0.717, 1.165) is 10.8 Å². The lowest BCUT2D eigenvalue weighted by Gasteiger charge is -2.19. The summed E-state index contributed by atoms with van der Waals surface area (Å²) in [5.41, 5.74) is -1.74. The van der Waals surface area contributed by atoms with Gasteiger partial charge in [-0.1, -0.05) is 11.8 Å². The second-order valence-corrected chi connectivity index (χ2v) is 10.7. The molecule has 0 amide bonds. The maximum atomic E-state index is 12.1. The van der Waals surface area contributed by atoms with Crippen LogP contribution in [0.15, 0.2) is 15.8 Å². The molecule has 1 aliphatic rings. The van der Waals surface area contributed by atoms with Crippen LogP contribution in [-0.2, 0) is 31.6 Å². The average molecular weight is 538 g/mol. The average Bonchev–Trinajstić information content (AvgIpc) is 2.97. The van der Waals surface area contributed by atoms with Crippen LogP contribution in [0.5, 0.6) is 0 Å². The highest BCUT2D eigenvalue weighted by molar-refractivity contribution is 7.80. The summed E-state index contributed by atoms with van der Waals surface area (Å²) in [5.74, 6) is 5.14. The first kappa shape index (κ1) is 27.2. The van der Waals surface area contributed by atoms with E-state index in [1.54, 1.807) is 0 Å². The van der Waals surface area contributed by atoms with Gasteiger partial charge in [0.1, 0.15) is 17.9 Å². The van der Waals surface area contributed by atoms with Gasteiger partial charge in [-0.25, -0.2) is 18.5 Å². The van der Waals surface area contributed by atoms with Crippen molar-refractivity contribution < 1.29 is 56.3 Å². The summed E-state index contributed by atoms with van der Waals surface area (Å²) >= 11 is 3.88. The highest BCUT2D eigenvalue weighted by Gasteiger charge is 2.43. The van der Waals surface area contributed by atoms with Crippen LogP contribution in [0.4, 0.5) is 0 Å². The highest BCUT2D eigenvalue weighted by Crippen LogP contribution is 2.66. The molecule has 0 aliphatic carbocycles. The Hall–Kier alpha value is -1.08. The number of hydrogen-bond acceptors (Lipinski definition) is 11. The summed E-state index contributed by atoms with van der Waals surface area (Å²) in [6, 6.07) is 0. The van der Waals surface area contributed by atoms with Crippen molar-refractivity contribution in [1.82, 2.24) is 9.55 Å². The van der Waals surface area contributed by atoms with Crippen LogP contribution in [-0.4, -0.2) is 58.8 Å². The van der Waals surface area contributed by atoms with Gasteiger partial charge in [-0.15, -0.1) is 0 Å². The summed E-state index contributed by atoms with van der Waals surface area (Å²) in [6.07, 6.45) is -3.01. The predicted molar refractivity (Wildman–Crippen MR) is 106 cm³/mol. The van der Waals surface area contributed by atoms with Gasteiger partial charge in [0, 0.05) is 12.6 Å². The molecule has 32 heavy (non-hydrogen) atoms.